The second-order valence-corrected chi connectivity index (χ2v) is 7.20. The number of imidazole rings is 1. The molecule has 0 N–H and O–H groups in total. The molecule has 9 heteroatoms. The van der Waals surface area contributed by atoms with Crippen LogP contribution in [0.2, 0.25) is 0 Å². The highest BCUT2D eigenvalue weighted by molar-refractivity contribution is 5.92. The average Bonchev–Trinajstić information content (AvgIpc) is 3.03. The quantitative estimate of drug-likeness (QED) is 0.693. The van der Waals surface area contributed by atoms with E-state index in [4.69, 9.17) is 0 Å². The Hall–Kier alpha value is -2.97. The van der Waals surface area contributed by atoms with Gasteiger partial charge in [-0.15, -0.1) is 0 Å². The molecule has 28 heavy (non-hydrogen) atoms. The van der Waals surface area contributed by atoms with E-state index >= 15 is 0 Å². The molecule has 0 unspecified atom stereocenters. The van der Waals surface area contributed by atoms with Gasteiger partial charge in [-0.05, 0) is 33.8 Å². The lowest BCUT2D eigenvalue weighted by Gasteiger charge is -2.29. The van der Waals surface area contributed by atoms with Crippen LogP contribution in [0, 0.1) is 13.8 Å². The van der Waals surface area contributed by atoms with Gasteiger partial charge in [0.15, 0.2) is 0 Å². The number of aromatic nitrogens is 4. The molecule has 9 nitrogen and oxygen atoms in total. The predicted molar refractivity (Wildman–Crippen MR) is 105 cm³/mol. The van der Waals surface area contributed by atoms with Crippen LogP contribution >= 0.6 is 0 Å². The van der Waals surface area contributed by atoms with Crippen molar-refractivity contribution in [1.82, 2.24) is 28.9 Å². The van der Waals surface area contributed by atoms with Crippen LogP contribution in [-0.2, 0) is 18.4 Å². The summed E-state index contributed by atoms with van der Waals surface area (Å²) in [7, 11) is 3.43. The molecule has 0 aliphatic heterocycles. The molecule has 0 spiro atoms. The van der Waals surface area contributed by atoms with Crippen molar-refractivity contribution in [3.63, 3.8) is 0 Å². The Balaban J connectivity index is 2.04. The fraction of sp³-hybridized carbons (Fsp3) is 0.526. The van der Waals surface area contributed by atoms with Gasteiger partial charge in [0.2, 0.25) is 5.91 Å². The number of nitrogens with zero attached hydrogens (tertiary/aromatic N) is 6. The number of amides is 2. The molecule has 0 saturated carbocycles. The van der Waals surface area contributed by atoms with E-state index in [0.29, 0.717) is 30.2 Å². The van der Waals surface area contributed by atoms with E-state index in [1.165, 1.54) is 15.7 Å². The summed E-state index contributed by atoms with van der Waals surface area (Å²) in [5.41, 5.74) is 1.38. The Kier molecular flexibility index (Phi) is 6.71. The van der Waals surface area contributed by atoms with E-state index in [1.54, 1.807) is 49.8 Å². The molecule has 0 bridgehead atoms. The van der Waals surface area contributed by atoms with Gasteiger partial charge in [0, 0.05) is 44.6 Å². The molecule has 0 aromatic carbocycles. The van der Waals surface area contributed by atoms with Gasteiger partial charge in [0.25, 0.3) is 5.91 Å². The second-order valence-electron chi connectivity index (χ2n) is 7.20. The Labute approximate surface area is 164 Å². The molecular formula is C19H28N6O3. The summed E-state index contributed by atoms with van der Waals surface area (Å²) in [6.07, 6.45) is 3.11. The molecule has 0 aliphatic carbocycles. The van der Waals surface area contributed by atoms with E-state index in [0.717, 1.165) is 0 Å². The first-order chi connectivity index (χ1) is 13.1. The SMILES string of the molecule is Cc1cc(C)n(CC(=O)N(C)CCN(C(=O)c2cncn2C)C(C)C)c(=O)n1. The van der Waals surface area contributed by atoms with Crippen LogP contribution in [0.25, 0.3) is 0 Å². The Morgan fingerprint density at radius 2 is 1.89 bits per heavy atom. The van der Waals surface area contributed by atoms with Crippen LogP contribution in [-0.4, -0.2) is 66.9 Å². The zero-order valence-corrected chi connectivity index (χ0v) is 17.3. The summed E-state index contributed by atoms with van der Waals surface area (Å²) in [6, 6.07) is 1.74. The van der Waals surface area contributed by atoms with Gasteiger partial charge in [-0.2, -0.15) is 4.98 Å². The normalized spacial score (nSPS) is 11.0. The standard InChI is InChI=1S/C19H28N6O3/c1-13(2)24(18(27)16-10-20-12-23(16)6)8-7-22(5)17(26)11-25-15(4)9-14(3)21-19(25)28/h9-10,12-13H,7-8,11H2,1-6H3. The van der Waals surface area contributed by atoms with E-state index in [9.17, 15) is 14.4 Å². The molecule has 0 fully saturated rings. The van der Waals surface area contributed by atoms with Gasteiger partial charge in [-0.1, -0.05) is 0 Å². The van der Waals surface area contributed by atoms with Gasteiger partial charge in [0.1, 0.15) is 12.2 Å². The van der Waals surface area contributed by atoms with Crippen molar-refractivity contribution in [3.05, 3.63) is 46.2 Å². The third-order valence-electron chi connectivity index (χ3n) is 4.66. The summed E-state index contributed by atoms with van der Waals surface area (Å²) in [4.78, 5) is 48.5. The number of aryl methyl sites for hydroxylation is 3. The van der Waals surface area contributed by atoms with Gasteiger partial charge in [0.05, 0.1) is 12.5 Å². The Morgan fingerprint density at radius 3 is 2.43 bits per heavy atom. The van der Waals surface area contributed by atoms with Gasteiger partial charge in [-0.25, -0.2) is 9.78 Å². The molecule has 2 heterocycles. The fourth-order valence-electron chi connectivity index (χ4n) is 2.91. The third kappa shape index (κ3) is 4.85. The van der Waals surface area contributed by atoms with Crippen molar-refractivity contribution in [2.45, 2.75) is 40.3 Å². The number of likely N-dealkylation sites (N-methyl/N-ethyl adjacent to an activating group) is 1. The van der Waals surface area contributed by atoms with E-state index in [1.807, 2.05) is 13.8 Å². The number of carbonyl (C=O) groups is 2. The van der Waals surface area contributed by atoms with Crippen LogP contribution in [0.15, 0.2) is 23.4 Å². The molecule has 0 radical (unpaired) electrons. The minimum atomic E-state index is -0.436. The molecule has 2 aromatic rings. The number of carbonyl (C=O) groups excluding carboxylic acids is 2. The highest BCUT2D eigenvalue weighted by atomic mass is 16.2. The molecule has 0 saturated heterocycles. The minimum absolute atomic E-state index is 0.0305. The third-order valence-corrected chi connectivity index (χ3v) is 4.66. The summed E-state index contributed by atoms with van der Waals surface area (Å²) in [5.74, 6) is -0.349. The summed E-state index contributed by atoms with van der Waals surface area (Å²) < 4.78 is 3.03. The summed E-state index contributed by atoms with van der Waals surface area (Å²) in [5, 5.41) is 0. The molecule has 2 aromatic heterocycles. The maximum absolute atomic E-state index is 12.8. The smallest absolute Gasteiger partial charge is 0.342 e. The molecule has 0 aliphatic rings. The molecule has 0 atom stereocenters. The van der Waals surface area contributed by atoms with Gasteiger partial charge < -0.3 is 14.4 Å². The van der Waals surface area contributed by atoms with Crippen molar-refractivity contribution >= 4 is 11.8 Å². The van der Waals surface area contributed by atoms with E-state index in [-0.39, 0.29) is 24.4 Å². The Morgan fingerprint density at radius 1 is 1.21 bits per heavy atom. The lowest BCUT2D eigenvalue weighted by atomic mass is 10.2. The number of rotatable bonds is 7. The molecule has 2 rings (SSSR count). The molecular weight excluding hydrogens is 360 g/mol. The summed E-state index contributed by atoms with van der Waals surface area (Å²) >= 11 is 0. The maximum Gasteiger partial charge on any atom is 0.348 e. The first-order valence-corrected chi connectivity index (χ1v) is 9.18. The molecule has 2 amide bonds. The van der Waals surface area contributed by atoms with Crippen LogP contribution < -0.4 is 5.69 Å². The molecule has 152 valence electrons. The zero-order chi connectivity index (χ0) is 21.0. The second kappa shape index (κ2) is 8.81. The largest absolute Gasteiger partial charge is 0.348 e. The lowest BCUT2D eigenvalue weighted by molar-refractivity contribution is -0.130. The Bertz CT molecular complexity index is 915. The lowest BCUT2D eigenvalue weighted by Crippen LogP contribution is -2.44. The first kappa shape index (κ1) is 21.3. The number of hydrogen-bond acceptors (Lipinski definition) is 5. The van der Waals surface area contributed by atoms with Crippen molar-refractivity contribution in [1.29, 1.82) is 0 Å². The van der Waals surface area contributed by atoms with Crippen LogP contribution in [0.3, 0.4) is 0 Å². The van der Waals surface area contributed by atoms with Gasteiger partial charge >= 0.3 is 5.69 Å². The zero-order valence-electron chi connectivity index (χ0n) is 17.3. The van der Waals surface area contributed by atoms with Crippen molar-refractivity contribution in [2.75, 3.05) is 20.1 Å². The minimum Gasteiger partial charge on any atom is -0.342 e. The van der Waals surface area contributed by atoms with Crippen LogP contribution in [0.1, 0.15) is 35.7 Å². The van der Waals surface area contributed by atoms with E-state index < -0.39 is 5.69 Å². The van der Waals surface area contributed by atoms with Crippen molar-refractivity contribution in [2.24, 2.45) is 7.05 Å². The highest BCUT2D eigenvalue weighted by Crippen LogP contribution is 2.08. The fourth-order valence-corrected chi connectivity index (χ4v) is 2.91. The monoisotopic (exact) mass is 388 g/mol. The average molecular weight is 388 g/mol. The van der Waals surface area contributed by atoms with Crippen molar-refractivity contribution in [3.8, 4) is 0 Å². The maximum atomic E-state index is 12.8. The predicted octanol–water partition coefficient (Wildman–Crippen LogP) is 0.603. The van der Waals surface area contributed by atoms with Crippen LogP contribution in [0.5, 0.6) is 0 Å². The van der Waals surface area contributed by atoms with E-state index in [2.05, 4.69) is 9.97 Å². The van der Waals surface area contributed by atoms with Crippen molar-refractivity contribution < 1.29 is 9.59 Å². The van der Waals surface area contributed by atoms with Gasteiger partial charge in [-0.3, -0.25) is 14.2 Å². The topological polar surface area (TPSA) is 93.3 Å². The summed E-state index contributed by atoms with van der Waals surface area (Å²) in [6.45, 7) is 8.03. The van der Waals surface area contributed by atoms with Crippen LogP contribution in [0.4, 0.5) is 0 Å². The highest BCUT2D eigenvalue weighted by Gasteiger charge is 2.22. The first-order valence-electron chi connectivity index (χ1n) is 9.18. The number of hydrogen-bond donors (Lipinski definition) is 0.